The standard InChI is InChI=1S/C19H35NO5Si/c1-17(2,3)24-16(22)20-12-13(25-26(8,9)18(4,5)6)19(10-11-19)14(20)15(21)23-7/h13-14H,10-12H2,1-9H3/t13-,14-/m1/s1. The Bertz CT molecular complexity index is 571. The van der Waals surface area contributed by atoms with Crippen molar-refractivity contribution < 1.29 is 23.5 Å². The van der Waals surface area contributed by atoms with Crippen LogP contribution in [0.15, 0.2) is 0 Å². The number of hydrogen-bond donors (Lipinski definition) is 0. The van der Waals surface area contributed by atoms with Crippen LogP contribution in [0.4, 0.5) is 4.79 Å². The van der Waals surface area contributed by atoms with Gasteiger partial charge in [0, 0.05) is 5.41 Å². The van der Waals surface area contributed by atoms with Gasteiger partial charge in [-0.2, -0.15) is 0 Å². The Morgan fingerprint density at radius 3 is 2.00 bits per heavy atom. The first kappa shape index (κ1) is 21.2. The molecule has 150 valence electrons. The Morgan fingerprint density at radius 1 is 1.08 bits per heavy atom. The number of likely N-dealkylation sites (tertiary alicyclic amines) is 1. The summed E-state index contributed by atoms with van der Waals surface area (Å²) in [5.74, 6) is -0.380. The molecular weight excluding hydrogens is 350 g/mol. The summed E-state index contributed by atoms with van der Waals surface area (Å²) in [5, 5.41) is 0.0587. The van der Waals surface area contributed by atoms with Crippen LogP contribution < -0.4 is 0 Å². The molecule has 2 fully saturated rings. The van der Waals surface area contributed by atoms with Crippen molar-refractivity contribution in [2.75, 3.05) is 13.7 Å². The third-order valence-corrected chi connectivity index (χ3v) is 10.5. The molecule has 1 saturated carbocycles. The molecule has 0 unspecified atom stereocenters. The van der Waals surface area contributed by atoms with Crippen LogP contribution in [0.25, 0.3) is 0 Å². The molecule has 1 heterocycles. The maximum absolute atomic E-state index is 12.8. The van der Waals surface area contributed by atoms with Crippen molar-refractivity contribution in [3.8, 4) is 0 Å². The average molecular weight is 386 g/mol. The van der Waals surface area contributed by atoms with Crippen LogP contribution in [0, 0.1) is 5.41 Å². The Labute approximate surface area is 158 Å². The summed E-state index contributed by atoms with van der Waals surface area (Å²) in [6.07, 6.45) is 1.11. The number of rotatable bonds is 3. The summed E-state index contributed by atoms with van der Waals surface area (Å²) >= 11 is 0. The lowest BCUT2D eigenvalue weighted by atomic mass is 9.95. The predicted molar refractivity (Wildman–Crippen MR) is 102 cm³/mol. The molecule has 0 bridgehead atoms. The van der Waals surface area contributed by atoms with E-state index < -0.39 is 26.1 Å². The summed E-state index contributed by atoms with van der Waals surface area (Å²) in [5.41, 5.74) is -0.952. The van der Waals surface area contributed by atoms with Crippen LogP contribution in [-0.4, -0.2) is 56.7 Å². The van der Waals surface area contributed by atoms with E-state index in [-0.39, 0.29) is 22.5 Å². The molecule has 0 aromatic rings. The average Bonchev–Trinajstić information content (AvgIpc) is 3.16. The van der Waals surface area contributed by atoms with E-state index in [0.29, 0.717) is 6.54 Å². The minimum atomic E-state index is -2.04. The molecule has 7 heteroatoms. The lowest BCUT2D eigenvalue weighted by molar-refractivity contribution is -0.147. The second-order valence-corrected chi connectivity index (χ2v) is 14.9. The fraction of sp³-hybridized carbons (Fsp3) is 0.895. The third-order valence-electron chi connectivity index (χ3n) is 5.98. The minimum absolute atomic E-state index is 0.0587. The summed E-state index contributed by atoms with van der Waals surface area (Å²) in [4.78, 5) is 26.8. The van der Waals surface area contributed by atoms with Crippen molar-refractivity contribution >= 4 is 20.4 Å². The molecule has 6 nitrogen and oxygen atoms in total. The van der Waals surface area contributed by atoms with Crippen molar-refractivity contribution in [2.24, 2.45) is 5.41 Å². The highest BCUT2D eigenvalue weighted by molar-refractivity contribution is 6.74. The molecule has 0 radical (unpaired) electrons. The molecule has 1 aliphatic carbocycles. The molecule has 1 saturated heterocycles. The van der Waals surface area contributed by atoms with Gasteiger partial charge in [-0.25, -0.2) is 9.59 Å². The molecule has 0 aromatic heterocycles. The topological polar surface area (TPSA) is 65.1 Å². The summed E-state index contributed by atoms with van der Waals surface area (Å²) in [6, 6.07) is -0.628. The maximum Gasteiger partial charge on any atom is 0.411 e. The number of carbonyl (C=O) groups is 2. The van der Waals surface area contributed by atoms with E-state index in [1.165, 1.54) is 12.0 Å². The normalized spacial score (nSPS) is 25.3. The van der Waals surface area contributed by atoms with Gasteiger partial charge in [0.25, 0.3) is 0 Å². The highest BCUT2D eigenvalue weighted by atomic mass is 28.4. The number of amides is 1. The van der Waals surface area contributed by atoms with Crippen molar-refractivity contribution in [2.45, 2.75) is 90.3 Å². The number of nitrogens with zero attached hydrogens (tertiary/aromatic N) is 1. The van der Waals surface area contributed by atoms with E-state index in [4.69, 9.17) is 13.9 Å². The molecule has 0 aromatic carbocycles. The van der Waals surface area contributed by atoms with E-state index in [2.05, 4.69) is 33.9 Å². The lowest BCUT2D eigenvalue weighted by Gasteiger charge is -2.39. The van der Waals surface area contributed by atoms with Gasteiger partial charge >= 0.3 is 12.1 Å². The highest BCUT2D eigenvalue weighted by Gasteiger charge is 2.67. The molecule has 26 heavy (non-hydrogen) atoms. The van der Waals surface area contributed by atoms with Gasteiger partial charge < -0.3 is 13.9 Å². The number of esters is 1. The highest BCUT2D eigenvalue weighted by Crippen LogP contribution is 2.59. The van der Waals surface area contributed by atoms with Gasteiger partial charge in [-0.05, 0) is 51.7 Å². The van der Waals surface area contributed by atoms with Gasteiger partial charge in [0.1, 0.15) is 11.6 Å². The Hall–Kier alpha value is -1.08. The van der Waals surface area contributed by atoms with Crippen molar-refractivity contribution in [1.29, 1.82) is 0 Å². The third kappa shape index (κ3) is 3.93. The molecular formula is C19H35NO5Si. The molecule has 1 spiro atoms. The fourth-order valence-corrected chi connectivity index (χ4v) is 4.73. The van der Waals surface area contributed by atoms with Gasteiger partial charge in [0.15, 0.2) is 8.32 Å². The summed E-state index contributed by atoms with van der Waals surface area (Å²) in [6.45, 7) is 16.8. The van der Waals surface area contributed by atoms with Crippen LogP contribution in [0.5, 0.6) is 0 Å². The largest absolute Gasteiger partial charge is 0.467 e. The van der Waals surface area contributed by atoms with E-state index in [1.54, 1.807) is 0 Å². The maximum atomic E-state index is 12.8. The van der Waals surface area contributed by atoms with Gasteiger partial charge in [-0.1, -0.05) is 20.8 Å². The van der Waals surface area contributed by atoms with Crippen LogP contribution in [0.2, 0.25) is 18.1 Å². The first-order chi connectivity index (χ1) is 11.6. The smallest absolute Gasteiger partial charge is 0.411 e. The van der Waals surface area contributed by atoms with Crippen LogP contribution in [0.1, 0.15) is 54.4 Å². The monoisotopic (exact) mass is 385 g/mol. The van der Waals surface area contributed by atoms with E-state index >= 15 is 0 Å². The van der Waals surface area contributed by atoms with Crippen LogP contribution in [-0.2, 0) is 18.7 Å². The quantitative estimate of drug-likeness (QED) is 0.544. The Balaban J connectivity index is 2.31. The summed E-state index contributed by atoms with van der Waals surface area (Å²) < 4.78 is 17.2. The van der Waals surface area contributed by atoms with E-state index in [0.717, 1.165) is 12.8 Å². The molecule has 2 atom stereocenters. The Kier molecular flexibility index (Phi) is 5.32. The number of hydrogen-bond acceptors (Lipinski definition) is 5. The molecule has 2 aliphatic rings. The second-order valence-electron chi connectivity index (χ2n) is 10.2. The first-order valence-electron chi connectivity index (χ1n) is 9.40. The van der Waals surface area contributed by atoms with E-state index in [9.17, 15) is 9.59 Å². The summed E-state index contributed by atoms with van der Waals surface area (Å²) in [7, 11) is -0.667. The molecule has 0 N–H and O–H groups in total. The van der Waals surface area contributed by atoms with Crippen molar-refractivity contribution in [3.05, 3.63) is 0 Å². The first-order valence-corrected chi connectivity index (χ1v) is 12.3. The SMILES string of the molecule is COC(=O)[C@H]1N(C(=O)OC(C)(C)C)C[C@@H](O[Si](C)(C)C(C)(C)C)C12CC2. The molecule has 2 rings (SSSR count). The fourth-order valence-electron chi connectivity index (χ4n) is 3.35. The molecule has 1 aliphatic heterocycles. The van der Waals surface area contributed by atoms with Crippen LogP contribution >= 0.6 is 0 Å². The zero-order valence-electron chi connectivity index (χ0n) is 17.8. The predicted octanol–water partition coefficient (Wildman–Crippen LogP) is 3.95. The number of methoxy groups -OCH3 is 1. The van der Waals surface area contributed by atoms with Crippen molar-refractivity contribution in [3.63, 3.8) is 0 Å². The second kappa shape index (κ2) is 6.51. The van der Waals surface area contributed by atoms with Gasteiger partial charge in [-0.3, -0.25) is 4.90 Å². The van der Waals surface area contributed by atoms with Gasteiger partial charge in [-0.15, -0.1) is 0 Å². The van der Waals surface area contributed by atoms with Crippen LogP contribution in [0.3, 0.4) is 0 Å². The Morgan fingerprint density at radius 2 is 1.62 bits per heavy atom. The zero-order valence-corrected chi connectivity index (χ0v) is 18.8. The lowest BCUT2D eigenvalue weighted by Crippen LogP contribution is -2.47. The number of ether oxygens (including phenoxy) is 2. The number of carbonyl (C=O) groups excluding carboxylic acids is 2. The van der Waals surface area contributed by atoms with Crippen molar-refractivity contribution in [1.82, 2.24) is 4.90 Å². The van der Waals surface area contributed by atoms with Gasteiger partial charge in [0.2, 0.25) is 0 Å². The van der Waals surface area contributed by atoms with E-state index in [1.807, 2.05) is 20.8 Å². The minimum Gasteiger partial charge on any atom is -0.467 e. The van der Waals surface area contributed by atoms with Gasteiger partial charge in [0.05, 0.1) is 19.8 Å². The molecule has 1 amide bonds. The zero-order chi connectivity index (χ0) is 20.1.